The number of hydrogen-bond acceptors (Lipinski definition) is 2. The third kappa shape index (κ3) is 4.64. The van der Waals surface area contributed by atoms with Crippen LogP contribution in [0, 0.1) is 0 Å². The van der Waals surface area contributed by atoms with Crippen molar-refractivity contribution in [1.82, 2.24) is 4.90 Å². The van der Waals surface area contributed by atoms with Gasteiger partial charge in [0, 0.05) is 14.1 Å². The number of nitrogens with zero attached hydrogens (tertiary/aromatic N) is 2. The molecule has 0 heterocycles. The van der Waals surface area contributed by atoms with E-state index >= 15 is 0 Å². The van der Waals surface area contributed by atoms with E-state index in [-0.39, 0.29) is 0 Å². The molecule has 1 fully saturated rings. The second kappa shape index (κ2) is 5.49. The van der Waals surface area contributed by atoms with Gasteiger partial charge in [0.25, 0.3) is 10.0 Å². The lowest BCUT2D eigenvalue weighted by atomic mass is 10.5. The molecule has 90 valence electrons. The summed E-state index contributed by atoms with van der Waals surface area (Å²) in [5.74, 6) is 0. The summed E-state index contributed by atoms with van der Waals surface area (Å²) < 4.78 is 25.8. The molecule has 0 unspecified atom stereocenters. The Labute approximate surface area is 93.4 Å². The van der Waals surface area contributed by atoms with Crippen LogP contribution < -0.4 is 0 Å². The van der Waals surface area contributed by atoms with Crippen LogP contribution in [-0.4, -0.2) is 38.5 Å². The van der Waals surface area contributed by atoms with Crippen molar-refractivity contribution >= 4 is 16.4 Å². The van der Waals surface area contributed by atoms with E-state index in [1.807, 2.05) is 0 Å². The molecule has 0 N–H and O–H groups in total. The van der Waals surface area contributed by atoms with Crippen LogP contribution in [-0.2, 0) is 10.0 Å². The number of rotatable bonds is 3. The summed E-state index contributed by atoms with van der Waals surface area (Å²) in [4.78, 5) is 1.61. The van der Waals surface area contributed by atoms with Crippen LogP contribution in [0.2, 0.25) is 0 Å². The third-order valence-electron chi connectivity index (χ3n) is 1.99. The molecule has 15 heavy (non-hydrogen) atoms. The minimum atomic E-state index is -3.25. The fourth-order valence-electron chi connectivity index (χ4n) is 0.718. The lowest BCUT2D eigenvalue weighted by Gasteiger charge is -2.06. The van der Waals surface area contributed by atoms with E-state index in [0.29, 0.717) is 0 Å². The largest absolute Gasteiger partial charge is 0.368 e. The maximum absolute atomic E-state index is 11.4. The Balaban J connectivity index is 0.000000583. The molecule has 1 aliphatic rings. The van der Waals surface area contributed by atoms with Gasteiger partial charge in [-0.1, -0.05) is 20.3 Å². The first-order valence-corrected chi connectivity index (χ1v) is 6.69. The predicted octanol–water partition coefficient (Wildman–Crippen LogP) is 1.87. The molecule has 0 aliphatic heterocycles. The van der Waals surface area contributed by atoms with E-state index in [2.05, 4.69) is 18.2 Å². The van der Waals surface area contributed by atoms with E-state index in [4.69, 9.17) is 0 Å². The minimum Gasteiger partial charge on any atom is -0.368 e. The van der Waals surface area contributed by atoms with Gasteiger partial charge in [-0.3, -0.25) is 0 Å². The first-order valence-electron chi connectivity index (χ1n) is 5.25. The highest BCUT2D eigenvalue weighted by atomic mass is 32.2. The molecule has 0 amide bonds. The summed E-state index contributed by atoms with van der Waals surface area (Å²) in [6.45, 7) is 5.98. The molecule has 5 heteroatoms. The minimum absolute atomic E-state index is 0.570. The van der Waals surface area contributed by atoms with Crippen LogP contribution in [0.15, 0.2) is 4.40 Å². The summed E-state index contributed by atoms with van der Waals surface area (Å²) >= 11 is 0. The Hall–Kier alpha value is -0.580. The standard InChI is InChI=1S/C7H14N2O2S.C3H8/c1-7(4-5-7)12(10,11)8-6-9(2)3;1-3-2/h6H,4-5H2,1-3H3;3H2,1-2H3/b8-6+;. The molecule has 0 aromatic carbocycles. The van der Waals surface area contributed by atoms with Crippen LogP contribution >= 0.6 is 0 Å². The van der Waals surface area contributed by atoms with Crippen molar-refractivity contribution < 1.29 is 8.42 Å². The van der Waals surface area contributed by atoms with Gasteiger partial charge in [-0.2, -0.15) is 4.40 Å². The zero-order valence-electron chi connectivity index (χ0n) is 10.3. The Kier molecular flexibility index (Phi) is 5.28. The molecule has 0 aromatic rings. The molecule has 0 bridgehead atoms. The molecule has 1 saturated carbocycles. The molecule has 1 rings (SSSR count). The highest BCUT2D eigenvalue weighted by Gasteiger charge is 2.50. The van der Waals surface area contributed by atoms with Gasteiger partial charge in [-0.25, -0.2) is 8.42 Å². The van der Waals surface area contributed by atoms with Crippen LogP contribution in [0.5, 0.6) is 0 Å². The lowest BCUT2D eigenvalue weighted by Crippen LogP contribution is -2.18. The molecule has 0 radical (unpaired) electrons. The monoisotopic (exact) mass is 234 g/mol. The van der Waals surface area contributed by atoms with Crippen molar-refractivity contribution in [2.45, 2.75) is 44.8 Å². The van der Waals surface area contributed by atoms with Gasteiger partial charge in [0.1, 0.15) is 6.34 Å². The van der Waals surface area contributed by atoms with E-state index in [0.717, 1.165) is 12.8 Å². The maximum Gasteiger partial charge on any atom is 0.259 e. The van der Waals surface area contributed by atoms with Crippen LogP contribution in [0.1, 0.15) is 40.0 Å². The van der Waals surface area contributed by atoms with Crippen molar-refractivity contribution in [3.63, 3.8) is 0 Å². The second-order valence-corrected chi connectivity index (χ2v) is 6.46. The number of hydrogen-bond donors (Lipinski definition) is 0. The first-order chi connectivity index (χ1) is 6.79. The Morgan fingerprint density at radius 2 is 1.73 bits per heavy atom. The molecular weight excluding hydrogens is 212 g/mol. The quantitative estimate of drug-likeness (QED) is 0.553. The Morgan fingerprint density at radius 3 is 2.00 bits per heavy atom. The van der Waals surface area contributed by atoms with Crippen LogP contribution in [0.3, 0.4) is 0 Å². The third-order valence-corrected chi connectivity index (χ3v) is 4.02. The average molecular weight is 234 g/mol. The number of sulfonamides is 1. The normalized spacial score (nSPS) is 18.2. The van der Waals surface area contributed by atoms with Gasteiger partial charge >= 0.3 is 0 Å². The smallest absolute Gasteiger partial charge is 0.259 e. The van der Waals surface area contributed by atoms with Crippen LogP contribution in [0.4, 0.5) is 0 Å². The summed E-state index contributed by atoms with van der Waals surface area (Å²) in [6, 6.07) is 0. The van der Waals surface area contributed by atoms with Gasteiger partial charge in [0.2, 0.25) is 0 Å². The Morgan fingerprint density at radius 1 is 1.33 bits per heavy atom. The summed E-state index contributed by atoms with van der Waals surface area (Å²) in [5, 5.41) is 0. The highest BCUT2D eigenvalue weighted by molar-refractivity contribution is 7.91. The second-order valence-electron chi connectivity index (χ2n) is 4.32. The molecular formula is C10H22N2O2S. The highest BCUT2D eigenvalue weighted by Crippen LogP contribution is 2.43. The maximum atomic E-state index is 11.4. The van der Waals surface area contributed by atoms with Crippen molar-refractivity contribution in [1.29, 1.82) is 0 Å². The van der Waals surface area contributed by atoms with Crippen molar-refractivity contribution in [3.8, 4) is 0 Å². The summed E-state index contributed by atoms with van der Waals surface area (Å²) in [5.41, 5.74) is 0. The lowest BCUT2D eigenvalue weighted by molar-refractivity contribution is 0.581. The molecule has 0 atom stereocenters. The van der Waals surface area contributed by atoms with Crippen LogP contribution in [0.25, 0.3) is 0 Å². The summed E-state index contributed by atoms with van der Waals surface area (Å²) in [7, 11) is 0.235. The Bertz CT molecular complexity index is 303. The summed E-state index contributed by atoms with van der Waals surface area (Å²) in [6.07, 6.45) is 4.05. The zero-order valence-corrected chi connectivity index (χ0v) is 11.1. The first kappa shape index (κ1) is 14.4. The SMILES string of the molecule is CCC.CN(C)/C=N/S(=O)(=O)C1(C)CC1. The van der Waals surface area contributed by atoms with Crippen molar-refractivity contribution in [3.05, 3.63) is 0 Å². The van der Waals surface area contributed by atoms with Gasteiger partial charge in [0.05, 0.1) is 4.75 Å². The van der Waals surface area contributed by atoms with E-state index in [1.54, 1.807) is 25.9 Å². The topological polar surface area (TPSA) is 49.7 Å². The molecule has 0 saturated heterocycles. The zero-order chi connectivity index (χ0) is 12.1. The van der Waals surface area contributed by atoms with Crippen molar-refractivity contribution in [2.24, 2.45) is 4.40 Å². The molecule has 0 spiro atoms. The average Bonchev–Trinajstić information content (AvgIpc) is 2.83. The fourth-order valence-corrected chi connectivity index (χ4v) is 1.90. The van der Waals surface area contributed by atoms with E-state index < -0.39 is 14.8 Å². The van der Waals surface area contributed by atoms with Gasteiger partial charge in [-0.15, -0.1) is 0 Å². The molecule has 4 nitrogen and oxygen atoms in total. The van der Waals surface area contributed by atoms with E-state index in [1.165, 1.54) is 12.8 Å². The fraction of sp³-hybridized carbons (Fsp3) is 0.900. The van der Waals surface area contributed by atoms with Crippen molar-refractivity contribution in [2.75, 3.05) is 14.1 Å². The van der Waals surface area contributed by atoms with E-state index in [9.17, 15) is 8.42 Å². The predicted molar refractivity (Wildman–Crippen MR) is 64.7 cm³/mol. The van der Waals surface area contributed by atoms with Gasteiger partial charge in [0.15, 0.2) is 0 Å². The molecule has 1 aliphatic carbocycles. The molecule has 0 aromatic heterocycles. The van der Waals surface area contributed by atoms with Gasteiger partial charge in [-0.05, 0) is 19.8 Å². The van der Waals surface area contributed by atoms with Gasteiger partial charge < -0.3 is 4.90 Å².